The van der Waals surface area contributed by atoms with Gasteiger partial charge in [-0.05, 0) is 40.5 Å². The second-order valence-corrected chi connectivity index (χ2v) is 3.98. The molecule has 4 heteroatoms. The Bertz CT molecular complexity index is 562. The molecule has 14 heavy (non-hydrogen) atoms. The van der Waals surface area contributed by atoms with Gasteiger partial charge in [0.2, 0.25) is 5.56 Å². The zero-order valence-corrected chi connectivity index (χ0v) is 8.98. The summed E-state index contributed by atoms with van der Waals surface area (Å²) >= 11 is 3.07. The Hall–Kier alpha value is -1.16. The normalized spacial score (nSPS) is 10.8. The largest absolute Gasteiger partial charge is 0.322 e. The predicted molar refractivity (Wildman–Crippen MR) is 57.0 cm³/mol. The third-order valence-electron chi connectivity index (χ3n) is 2.09. The summed E-state index contributed by atoms with van der Waals surface area (Å²) in [5.41, 5.74) is 1.24. The van der Waals surface area contributed by atoms with E-state index in [2.05, 4.69) is 20.9 Å². The number of aryl methyl sites for hydroxylation is 1. The molecule has 72 valence electrons. The van der Waals surface area contributed by atoms with Gasteiger partial charge in [0.15, 0.2) is 0 Å². The van der Waals surface area contributed by atoms with Crippen LogP contribution in [0.2, 0.25) is 0 Å². The molecular formula is C10H7BrFNO. The zero-order chi connectivity index (χ0) is 10.3. The lowest BCUT2D eigenvalue weighted by molar-refractivity contribution is 0.623. The minimum atomic E-state index is -0.326. The number of aromatic amines is 1. The number of hydrogen-bond acceptors (Lipinski definition) is 1. The average molecular weight is 256 g/mol. The lowest BCUT2D eigenvalue weighted by Gasteiger charge is -2.02. The standard InChI is InChI=1S/C10H7BrFNO/c1-5-2-10(14)13-9-4-7(11)8(12)3-6(5)9/h2-4H,1H3,(H,13,14). The summed E-state index contributed by atoms with van der Waals surface area (Å²) in [6.07, 6.45) is 0. The van der Waals surface area contributed by atoms with E-state index in [1.165, 1.54) is 12.1 Å². The maximum Gasteiger partial charge on any atom is 0.248 e. The Balaban J connectivity index is 2.96. The molecule has 0 atom stereocenters. The van der Waals surface area contributed by atoms with Gasteiger partial charge in [0.1, 0.15) is 5.82 Å². The number of benzene rings is 1. The Kier molecular flexibility index (Phi) is 2.15. The van der Waals surface area contributed by atoms with Crippen LogP contribution in [0.25, 0.3) is 10.9 Å². The van der Waals surface area contributed by atoms with Crippen molar-refractivity contribution in [3.63, 3.8) is 0 Å². The van der Waals surface area contributed by atoms with E-state index >= 15 is 0 Å². The van der Waals surface area contributed by atoms with Crippen molar-refractivity contribution in [3.8, 4) is 0 Å². The molecule has 0 aliphatic rings. The van der Waals surface area contributed by atoms with Crippen LogP contribution in [0.3, 0.4) is 0 Å². The topological polar surface area (TPSA) is 32.9 Å². The molecule has 2 nitrogen and oxygen atoms in total. The van der Waals surface area contributed by atoms with Gasteiger partial charge in [0, 0.05) is 17.0 Å². The fourth-order valence-electron chi connectivity index (χ4n) is 1.42. The molecule has 0 saturated heterocycles. The fraction of sp³-hybridized carbons (Fsp3) is 0.100. The van der Waals surface area contributed by atoms with Crippen LogP contribution in [-0.4, -0.2) is 4.98 Å². The van der Waals surface area contributed by atoms with Gasteiger partial charge in [-0.3, -0.25) is 4.79 Å². The van der Waals surface area contributed by atoms with Crippen LogP contribution in [0.15, 0.2) is 27.5 Å². The van der Waals surface area contributed by atoms with Crippen molar-refractivity contribution in [3.05, 3.63) is 44.4 Å². The van der Waals surface area contributed by atoms with E-state index in [9.17, 15) is 9.18 Å². The highest BCUT2D eigenvalue weighted by molar-refractivity contribution is 9.10. The summed E-state index contributed by atoms with van der Waals surface area (Å²) in [4.78, 5) is 13.8. The van der Waals surface area contributed by atoms with E-state index in [-0.39, 0.29) is 11.4 Å². The van der Waals surface area contributed by atoms with E-state index in [4.69, 9.17) is 0 Å². The summed E-state index contributed by atoms with van der Waals surface area (Å²) in [7, 11) is 0. The number of rotatable bonds is 0. The predicted octanol–water partition coefficient (Wildman–Crippen LogP) is 2.74. The number of aromatic nitrogens is 1. The van der Waals surface area contributed by atoms with E-state index < -0.39 is 0 Å². The third kappa shape index (κ3) is 1.46. The Morgan fingerprint density at radius 3 is 2.79 bits per heavy atom. The van der Waals surface area contributed by atoms with Crippen molar-refractivity contribution in [2.45, 2.75) is 6.92 Å². The third-order valence-corrected chi connectivity index (χ3v) is 2.70. The van der Waals surface area contributed by atoms with Crippen LogP contribution in [0.4, 0.5) is 4.39 Å². The first-order valence-corrected chi connectivity index (χ1v) is 4.86. The highest BCUT2D eigenvalue weighted by Gasteiger charge is 2.04. The summed E-state index contributed by atoms with van der Waals surface area (Å²) in [6, 6.07) is 4.43. The monoisotopic (exact) mass is 255 g/mol. The number of halogens is 2. The van der Waals surface area contributed by atoms with E-state index in [1.54, 1.807) is 13.0 Å². The first kappa shape index (κ1) is 9.40. The molecule has 1 N–H and O–H groups in total. The molecule has 1 heterocycles. The molecule has 2 aromatic rings. The molecule has 0 bridgehead atoms. The van der Waals surface area contributed by atoms with Crippen LogP contribution in [0.1, 0.15) is 5.56 Å². The molecule has 1 aromatic carbocycles. The summed E-state index contributed by atoms with van der Waals surface area (Å²) in [5, 5.41) is 0.727. The van der Waals surface area contributed by atoms with Crippen LogP contribution in [0.5, 0.6) is 0 Å². The minimum absolute atomic E-state index is 0.173. The van der Waals surface area contributed by atoms with Crippen molar-refractivity contribution in [2.75, 3.05) is 0 Å². The van der Waals surface area contributed by atoms with E-state index in [0.29, 0.717) is 9.99 Å². The molecule has 0 spiro atoms. The SMILES string of the molecule is Cc1cc(=O)[nH]c2cc(Br)c(F)cc12. The summed E-state index contributed by atoms with van der Waals surface area (Å²) in [5.74, 6) is -0.326. The van der Waals surface area contributed by atoms with Gasteiger partial charge < -0.3 is 4.98 Å². The van der Waals surface area contributed by atoms with Crippen molar-refractivity contribution < 1.29 is 4.39 Å². The summed E-state index contributed by atoms with van der Waals surface area (Å²) in [6.45, 7) is 1.78. The van der Waals surface area contributed by atoms with Crippen molar-refractivity contribution in [2.24, 2.45) is 0 Å². The molecule has 0 amide bonds. The van der Waals surface area contributed by atoms with E-state index in [1.807, 2.05) is 0 Å². The van der Waals surface area contributed by atoms with Crippen molar-refractivity contribution >= 4 is 26.8 Å². The first-order chi connectivity index (χ1) is 6.58. The molecule has 0 aliphatic carbocycles. The zero-order valence-electron chi connectivity index (χ0n) is 7.40. The Morgan fingerprint density at radius 2 is 2.07 bits per heavy atom. The van der Waals surface area contributed by atoms with Crippen LogP contribution in [0, 0.1) is 12.7 Å². The van der Waals surface area contributed by atoms with Crippen molar-refractivity contribution in [1.82, 2.24) is 4.98 Å². The molecule has 0 saturated carbocycles. The lowest BCUT2D eigenvalue weighted by atomic mass is 10.1. The molecular weight excluding hydrogens is 249 g/mol. The van der Waals surface area contributed by atoms with Gasteiger partial charge in [-0.25, -0.2) is 4.39 Å². The first-order valence-electron chi connectivity index (χ1n) is 4.06. The van der Waals surface area contributed by atoms with Crippen LogP contribution < -0.4 is 5.56 Å². The highest BCUT2D eigenvalue weighted by Crippen LogP contribution is 2.22. The number of hydrogen-bond donors (Lipinski definition) is 1. The molecule has 0 radical (unpaired) electrons. The number of nitrogens with one attached hydrogen (secondary N) is 1. The minimum Gasteiger partial charge on any atom is -0.322 e. The smallest absolute Gasteiger partial charge is 0.248 e. The van der Waals surface area contributed by atoms with Gasteiger partial charge in [-0.2, -0.15) is 0 Å². The van der Waals surface area contributed by atoms with E-state index in [0.717, 1.165) is 10.9 Å². The number of fused-ring (bicyclic) bond motifs is 1. The Labute approximate surface area is 87.9 Å². The quantitative estimate of drug-likeness (QED) is 0.772. The van der Waals surface area contributed by atoms with Gasteiger partial charge in [0.05, 0.1) is 4.47 Å². The van der Waals surface area contributed by atoms with Gasteiger partial charge in [-0.1, -0.05) is 0 Å². The number of H-pyrrole nitrogens is 1. The van der Waals surface area contributed by atoms with Crippen LogP contribution in [-0.2, 0) is 0 Å². The lowest BCUT2D eigenvalue weighted by Crippen LogP contribution is -2.05. The molecule has 2 rings (SSSR count). The molecule has 0 fully saturated rings. The fourth-order valence-corrected chi connectivity index (χ4v) is 1.76. The van der Waals surface area contributed by atoms with Gasteiger partial charge >= 0.3 is 0 Å². The van der Waals surface area contributed by atoms with Gasteiger partial charge in [-0.15, -0.1) is 0 Å². The van der Waals surface area contributed by atoms with Gasteiger partial charge in [0.25, 0.3) is 0 Å². The number of pyridine rings is 1. The Morgan fingerprint density at radius 1 is 1.36 bits per heavy atom. The maximum atomic E-state index is 13.2. The maximum absolute atomic E-state index is 13.2. The summed E-state index contributed by atoms with van der Waals surface area (Å²) < 4.78 is 13.5. The second-order valence-electron chi connectivity index (χ2n) is 3.13. The highest BCUT2D eigenvalue weighted by atomic mass is 79.9. The molecule has 1 aromatic heterocycles. The molecule has 0 aliphatic heterocycles. The molecule has 0 unspecified atom stereocenters. The van der Waals surface area contributed by atoms with Crippen molar-refractivity contribution in [1.29, 1.82) is 0 Å². The average Bonchev–Trinajstić information content (AvgIpc) is 2.08. The van der Waals surface area contributed by atoms with Crippen LogP contribution >= 0.6 is 15.9 Å². The second kappa shape index (κ2) is 3.20.